The molecule has 3 amide bonds. The average molecular weight is 317 g/mol. The van der Waals surface area contributed by atoms with Crippen molar-refractivity contribution in [2.75, 3.05) is 12.4 Å². The summed E-state index contributed by atoms with van der Waals surface area (Å²) in [6.07, 6.45) is 0. The molecule has 0 bridgehead atoms. The fourth-order valence-corrected chi connectivity index (χ4v) is 2.92. The van der Waals surface area contributed by atoms with Crippen LogP contribution >= 0.6 is 11.3 Å². The zero-order valence-corrected chi connectivity index (χ0v) is 12.9. The molecule has 0 atom stereocenters. The van der Waals surface area contributed by atoms with Gasteiger partial charge in [-0.15, -0.1) is 11.3 Å². The number of primary amides is 1. The Labute approximate surface area is 131 Å². The standard InChI is InChI=1S/C15H15N3O3S/c1-8(19)9-4-3-5-10(6-9)12-7-11(13(16)20)14(22-12)18-15(21)17-2/h3-7H,1-2H3,(H2,16,20)(H2,17,18,21). The van der Waals surface area contributed by atoms with Gasteiger partial charge < -0.3 is 11.1 Å². The summed E-state index contributed by atoms with van der Waals surface area (Å²) in [5.74, 6) is -0.672. The van der Waals surface area contributed by atoms with Crippen LogP contribution in [0.1, 0.15) is 27.6 Å². The van der Waals surface area contributed by atoms with Gasteiger partial charge in [0.2, 0.25) is 0 Å². The number of hydrogen-bond donors (Lipinski definition) is 3. The number of nitrogens with one attached hydrogen (secondary N) is 2. The molecule has 0 fully saturated rings. The van der Waals surface area contributed by atoms with Gasteiger partial charge in [0.05, 0.1) is 5.56 Å². The molecule has 114 valence electrons. The van der Waals surface area contributed by atoms with Crippen LogP contribution in [0.15, 0.2) is 30.3 Å². The monoisotopic (exact) mass is 317 g/mol. The number of rotatable bonds is 4. The third kappa shape index (κ3) is 3.32. The van der Waals surface area contributed by atoms with Gasteiger partial charge in [-0.05, 0) is 24.6 Å². The van der Waals surface area contributed by atoms with Gasteiger partial charge >= 0.3 is 6.03 Å². The van der Waals surface area contributed by atoms with Crippen molar-refractivity contribution in [2.45, 2.75) is 6.92 Å². The highest BCUT2D eigenvalue weighted by molar-refractivity contribution is 7.20. The third-order valence-corrected chi connectivity index (χ3v) is 4.10. The Morgan fingerprint density at radius 3 is 2.50 bits per heavy atom. The molecule has 2 rings (SSSR count). The maximum Gasteiger partial charge on any atom is 0.319 e. The number of carbonyl (C=O) groups excluding carboxylic acids is 3. The van der Waals surface area contributed by atoms with Crippen molar-refractivity contribution in [1.82, 2.24) is 5.32 Å². The molecular formula is C15H15N3O3S. The van der Waals surface area contributed by atoms with Crippen LogP contribution in [-0.2, 0) is 0 Å². The molecule has 2 aromatic rings. The van der Waals surface area contributed by atoms with E-state index in [2.05, 4.69) is 10.6 Å². The van der Waals surface area contributed by atoms with Crippen LogP contribution in [0, 0.1) is 0 Å². The first-order valence-corrected chi connectivity index (χ1v) is 7.27. The van der Waals surface area contributed by atoms with E-state index in [-0.39, 0.29) is 11.3 Å². The predicted octanol–water partition coefficient (Wildman–Crippen LogP) is 2.47. The highest BCUT2D eigenvalue weighted by Gasteiger charge is 2.16. The maximum absolute atomic E-state index is 11.5. The van der Waals surface area contributed by atoms with E-state index in [4.69, 9.17) is 5.73 Å². The van der Waals surface area contributed by atoms with Crippen molar-refractivity contribution in [1.29, 1.82) is 0 Å². The van der Waals surface area contributed by atoms with Crippen LogP contribution in [0.25, 0.3) is 10.4 Å². The number of ketones is 1. The van der Waals surface area contributed by atoms with Gasteiger partial charge in [-0.2, -0.15) is 0 Å². The smallest absolute Gasteiger partial charge is 0.319 e. The Morgan fingerprint density at radius 2 is 1.91 bits per heavy atom. The molecule has 7 heteroatoms. The highest BCUT2D eigenvalue weighted by Crippen LogP contribution is 2.35. The second kappa shape index (κ2) is 6.40. The lowest BCUT2D eigenvalue weighted by Gasteiger charge is -2.02. The SMILES string of the molecule is CNC(=O)Nc1sc(-c2cccc(C(C)=O)c2)cc1C(N)=O. The third-order valence-electron chi connectivity index (χ3n) is 3.01. The number of thiophene rings is 1. The minimum atomic E-state index is -0.628. The molecule has 0 unspecified atom stereocenters. The first-order valence-electron chi connectivity index (χ1n) is 6.46. The van der Waals surface area contributed by atoms with E-state index in [1.807, 2.05) is 6.07 Å². The lowest BCUT2D eigenvalue weighted by atomic mass is 10.1. The number of Topliss-reactive ketones (excluding diaryl/α,β-unsaturated/α-hetero) is 1. The lowest BCUT2D eigenvalue weighted by Crippen LogP contribution is -2.25. The molecular weight excluding hydrogens is 302 g/mol. The molecule has 4 N–H and O–H groups in total. The summed E-state index contributed by atoms with van der Waals surface area (Å²) in [7, 11) is 1.48. The fourth-order valence-electron chi connectivity index (χ4n) is 1.87. The quantitative estimate of drug-likeness (QED) is 0.755. The average Bonchev–Trinajstić information content (AvgIpc) is 2.91. The topological polar surface area (TPSA) is 101 Å². The van der Waals surface area contributed by atoms with E-state index in [0.29, 0.717) is 10.6 Å². The van der Waals surface area contributed by atoms with Crippen LogP contribution in [-0.4, -0.2) is 24.8 Å². The van der Waals surface area contributed by atoms with Crippen molar-refractivity contribution < 1.29 is 14.4 Å². The van der Waals surface area contributed by atoms with E-state index in [1.54, 1.807) is 24.3 Å². The predicted molar refractivity (Wildman–Crippen MR) is 86.4 cm³/mol. The molecule has 1 aromatic carbocycles. The summed E-state index contributed by atoms with van der Waals surface area (Å²) in [5, 5.41) is 5.35. The van der Waals surface area contributed by atoms with Crippen molar-refractivity contribution in [3.05, 3.63) is 41.5 Å². The molecule has 0 spiro atoms. The molecule has 0 saturated heterocycles. The first-order chi connectivity index (χ1) is 10.4. The van der Waals surface area contributed by atoms with Gasteiger partial charge in [-0.3, -0.25) is 14.9 Å². The highest BCUT2D eigenvalue weighted by atomic mass is 32.1. The van der Waals surface area contributed by atoms with Gasteiger partial charge in [-0.1, -0.05) is 18.2 Å². The molecule has 1 aromatic heterocycles. The number of carbonyl (C=O) groups is 3. The molecule has 0 saturated carbocycles. The summed E-state index contributed by atoms with van der Waals surface area (Å²) in [6, 6.07) is 8.22. The van der Waals surface area contributed by atoms with Crippen LogP contribution in [0.3, 0.4) is 0 Å². The zero-order chi connectivity index (χ0) is 16.3. The molecule has 0 aliphatic carbocycles. The van der Waals surface area contributed by atoms with Crippen LogP contribution < -0.4 is 16.4 Å². The zero-order valence-electron chi connectivity index (χ0n) is 12.1. The first kappa shape index (κ1) is 15.7. The Kier molecular flexibility index (Phi) is 4.57. The Balaban J connectivity index is 2.46. The van der Waals surface area contributed by atoms with Crippen molar-refractivity contribution in [2.24, 2.45) is 5.73 Å². The number of anilines is 1. The Hall–Kier alpha value is -2.67. The summed E-state index contributed by atoms with van der Waals surface area (Å²) in [6.45, 7) is 1.49. The minimum absolute atomic E-state index is 0.0442. The van der Waals surface area contributed by atoms with E-state index in [1.165, 1.54) is 25.3 Å². The van der Waals surface area contributed by atoms with Crippen LogP contribution in [0.2, 0.25) is 0 Å². The van der Waals surface area contributed by atoms with E-state index in [9.17, 15) is 14.4 Å². The van der Waals surface area contributed by atoms with Crippen LogP contribution in [0.5, 0.6) is 0 Å². The number of urea groups is 1. The van der Waals surface area contributed by atoms with Crippen LogP contribution in [0.4, 0.5) is 9.80 Å². The number of benzene rings is 1. The molecule has 22 heavy (non-hydrogen) atoms. The normalized spacial score (nSPS) is 10.1. The van der Waals surface area contributed by atoms with E-state index >= 15 is 0 Å². The maximum atomic E-state index is 11.5. The number of hydrogen-bond acceptors (Lipinski definition) is 4. The summed E-state index contributed by atoms with van der Waals surface area (Å²) in [4.78, 5) is 35.1. The van der Waals surface area contributed by atoms with Gasteiger partial charge in [-0.25, -0.2) is 4.79 Å². The number of amides is 3. The van der Waals surface area contributed by atoms with Crippen molar-refractivity contribution >= 4 is 34.1 Å². The molecule has 0 radical (unpaired) electrons. The number of nitrogens with two attached hydrogens (primary N) is 1. The molecule has 6 nitrogen and oxygen atoms in total. The second-order valence-corrected chi connectivity index (χ2v) is 5.61. The minimum Gasteiger partial charge on any atom is -0.366 e. The van der Waals surface area contributed by atoms with E-state index in [0.717, 1.165) is 10.4 Å². The second-order valence-electron chi connectivity index (χ2n) is 4.56. The molecule has 0 aliphatic rings. The van der Waals surface area contributed by atoms with Gasteiger partial charge in [0.25, 0.3) is 5.91 Å². The van der Waals surface area contributed by atoms with Crippen molar-refractivity contribution in [3.63, 3.8) is 0 Å². The summed E-state index contributed by atoms with van der Waals surface area (Å²) in [5.41, 5.74) is 6.94. The largest absolute Gasteiger partial charge is 0.366 e. The summed E-state index contributed by atoms with van der Waals surface area (Å²) >= 11 is 1.22. The molecule has 1 heterocycles. The van der Waals surface area contributed by atoms with Gasteiger partial charge in [0.1, 0.15) is 5.00 Å². The summed E-state index contributed by atoms with van der Waals surface area (Å²) < 4.78 is 0. The fraction of sp³-hybridized carbons (Fsp3) is 0.133. The Bertz CT molecular complexity index is 752. The van der Waals surface area contributed by atoms with Gasteiger partial charge in [0, 0.05) is 17.5 Å². The Morgan fingerprint density at radius 1 is 1.18 bits per heavy atom. The van der Waals surface area contributed by atoms with E-state index < -0.39 is 11.9 Å². The van der Waals surface area contributed by atoms with Crippen molar-refractivity contribution in [3.8, 4) is 10.4 Å². The van der Waals surface area contributed by atoms with Gasteiger partial charge in [0.15, 0.2) is 5.78 Å². The lowest BCUT2D eigenvalue weighted by molar-refractivity contribution is 0.0997. The molecule has 0 aliphatic heterocycles.